The Bertz CT molecular complexity index is 804. The number of aromatic nitrogens is 1. The van der Waals surface area contributed by atoms with Crippen LogP contribution in [0.15, 0.2) is 53.9 Å². The van der Waals surface area contributed by atoms with Gasteiger partial charge in [-0.1, -0.05) is 42.0 Å². The smallest absolute Gasteiger partial charge is 0.337 e. The van der Waals surface area contributed by atoms with Crippen LogP contribution >= 0.6 is 11.3 Å². The number of carbonyl (C=O) groups excluding carboxylic acids is 1. The molecule has 0 radical (unpaired) electrons. The largest absolute Gasteiger partial charge is 0.465 e. The Kier molecular flexibility index (Phi) is 4.53. The molecule has 1 aromatic heterocycles. The van der Waals surface area contributed by atoms with Crippen LogP contribution in [-0.4, -0.2) is 18.1 Å². The van der Waals surface area contributed by atoms with Crippen LogP contribution in [0.2, 0.25) is 0 Å². The summed E-state index contributed by atoms with van der Waals surface area (Å²) in [7, 11) is 1.39. The van der Waals surface area contributed by atoms with Gasteiger partial charge in [-0.05, 0) is 24.6 Å². The second-order valence-corrected chi connectivity index (χ2v) is 6.30. The van der Waals surface area contributed by atoms with E-state index in [1.165, 1.54) is 12.7 Å². The predicted molar refractivity (Wildman–Crippen MR) is 92.9 cm³/mol. The number of thiazole rings is 1. The lowest BCUT2D eigenvalue weighted by molar-refractivity contribution is 0.0600. The van der Waals surface area contributed by atoms with Gasteiger partial charge in [0.2, 0.25) is 0 Å². The highest BCUT2D eigenvalue weighted by Gasteiger charge is 2.07. The van der Waals surface area contributed by atoms with Gasteiger partial charge in [-0.25, -0.2) is 9.78 Å². The number of aryl methyl sites for hydroxylation is 1. The number of benzene rings is 2. The zero-order chi connectivity index (χ0) is 16.2. The first-order chi connectivity index (χ1) is 11.2. The molecular weight excluding hydrogens is 306 g/mol. The number of ether oxygens (including phenoxy) is 1. The number of hydrogen-bond acceptors (Lipinski definition) is 4. The molecule has 2 aromatic carbocycles. The van der Waals surface area contributed by atoms with E-state index in [4.69, 9.17) is 9.72 Å². The maximum absolute atomic E-state index is 11.4. The number of carbonyl (C=O) groups is 1. The maximum atomic E-state index is 11.4. The second-order valence-electron chi connectivity index (χ2n) is 5.36. The van der Waals surface area contributed by atoms with Crippen molar-refractivity contribution in [3.05, 3.63) is 75.6 Å². The summed E-state index contributed by atoms with van der Waals surface area (Å²) in [6.45, 7) is 2.08. The Morgan fingerprint density at radius 3 is 2.43 bits per heavy atom. The lowest BCUT2D eigenvalue weighted by Gasteiger charge is -2.01. The van der Waals surface area contributed by atoms with Gasteiger partial charge in [0.25, 0.3) is 0 Å². The summed E-state index contributed by atoms with van der Waals surface area (Å²) >= 11 is 1.66. The fourth-order valence-corrected chi connectivity index (χ4v) is 3.14. The fourth-order valence-electron chi connectivity index (χ4n) is 2.30. The van der Waals surface area contributed by atoms with Crippen molar-refractivity contribution in [3.63, 3.8) is 0 Å². The van der Waals surface area contributed by atoms with Gasteiger partial charge in [0.1, 0.15) is 0 Å². The third kappa shape index (κ3) is 3.66. The van der Waals surface area contributed by atoms with E-state index in [0.717, 1.165) is 28.2 Å². The molecule has 0 aliphatic carbocycles. The number of methoxy groups -OCH3 is 1. The summed E-state index contributed by atoms with van der Waals surface area (Å²) in [5.74, 6) is -0.313. The van der Waals surface area contributed by atoms with E-state index in [2.05, 4.69) is 36.6 Å². The van der Waals surface area contributed by atoms with Gasteiger partial charge >= 0.3 is 5.97 Å². The van der Waals surface area contributed by atoms with Crippen molar-refractivity contribution in [3.8, 4) is 11.3 Å². The lowest BCUT2D eigenvalue weighted by Crippen LogP contribution is -2.00. The van der Waals surface area contributed by atoms with Crippen LogP contribution in [0.3, 0.4) is 0 Å². The first-order valence-electron chi connectivity index (χ1n) is 7.34. The summed E-state index contributed by atoms with van der Waals surface area (Å²) in [6, 6.07) is 15.8. The molecule has 0 fully saturated rings. The molecule has 0 aliphatic heterocycles. The molecular formula is C19H17NO2S. The van der Waals surface area contributed by atoms with E-state index in [9.17, 15) is 4.79 Å². The first kappa shape index (κ1) is 15.4. The van der Waals surface area contributed by atoms with E-state index >= 15 is 0 Å². The van der Waals surface area contributed by atoms with E-state index in [0.29, 0.717) is 5.56 Å². The average Bonchev–Trinajstić information content (AvgIpc) is 3.04. The quantitative estimate of drug-likeness (QED) is 0.664. The molecule has 0 unspecified atom stereocenters. The van der Waals surface area contributed by atoms with E-state index in [1.807, 2.05) is 12.1 Å². The Balaban J connectivity index is 1.74. The second kappa shape index (κ2) is 6.75. The standard InChI is InChI=1S/C19H17NO2S/c1-13-3-7-15(8-4-13)17-12-23-18(20-17)11-14-5-9-16(10-6-14)19(21)22-2/h3-10,12H,11H2,1-2H3. The van der Waals surface area contributed by atoms with Crippen LogP contribution in [0.25, 0.3) is 11.3 Å². The van der Waals surface area contributed by atoms with E-state index < -0.39 is 0 Å². The Hall–Kier alpha value is -2.46. The van der Waals surface area contributed by atoms with Crippen LogP contribution in [0.4, 0.5) is 0 Å². The summed E-state index contributed by atoms with van der Waals surface area (Å²) in [5.41, 5.74) is 5.09. The highest BCUT2D eigenvalue weighted by atomic mass is 32.1. The molecule has 0 aliphatic rings. The van der Waals surface area contributed by atoms with Gasteiger partial charge in [-0.3, -0.25) is 0 Å². The van der Waals surface area contributed by atoms with Gasteiger partial charge in [-0.2, -0.15) is 0 Å². The van der Waals surface area contributed by atoms with E-state index in [1.54, 1.807) is 23.5 Å². The molecule has 3 nitrogen and oxygen atoms in total. The fraction of sp³-hybridized carbons (Fsp3) is 0.158. The maximum Gasteiger partial charge on any atom is 0.337 e. The normalized spacial score (nSPS) is 10.5. The summed E-state index contributed by atoms with van der Waals surface area (Å²) in [5, 5.41) is 3.15. The van der Waals surface area contributed by atoms with Crippen molar-refractivity contribution in [1.29, 1.82) is 0 Å². The molecule has 116 valence electrons. The van der Waals surface area contributed by atoms with Crippen molar-refractivity contribution >= 4 is 17.3 Å². The highest BCUT2D eigenvalue weighted by molar-refractivity contribution is 7.10. The van der Waals surface area contributed by atoms with Gasteiger partial charge in [-0.15, -0.1) is 11.3 Å². The molecule has 0 saturated heterocycles. The highest BCUT2D eigenvalue weighted by Crippen LogP contribution is 2.24. The van der Waals surface area contributed by atoms with Crippen LogP contribution < -0.4 is 0 Å². The van der Waals surface area contributed by atoms with Gasteiger partial charge < -0.3 is 4.74 Å². The third-order valence-corrected chi connectivity index (χ3v) is 4.48. The van der Waals surface area contributed by atoms with Crippen LogP contribution in [0.1, 0.15) is 26.5 Å². The molecule has 23 heavy (non-hydrogen) atoms. The Labute approximate surface area is 139 Å². The van der Waals surface area contributed by atoms with E-state index in [-0.39, 0.29) is 5.97 Å². The number of rotatable bonds is 4. The van der Waals surface area contributed by atoms with Crippen molar-refractivity contribution < 1.29 is 9.53 Å². The van der Waals surface area contributed by atoms with Gasteiger partial charge in [0, 0.05) is 17.4 Å². The molecule has 0 bridgehead atoms. The summed E-state index contributed by atoms with van der Waals surface area (Å²) < 4.78 is 4.71. The van der Waals surface area contributed by atoms with Crippen molar-refractivity contribution in [2.24, 2.45) is 0 Å². The zero-order valence-corrected chi connectivity index (χ0v) is 13.9. The average molecular weight is 323 g/mol. The molecule has 4 heteroatoms. The van der Waals surface area contributed by atoms with Crippen LogP contribution in [0, 0.1) is 6.92 Å². The monoisotopic (exact) mass is 323 g/mol. The molecule has 0 spiro atoms. The Morgan fingerprint density at radius 1 is 1.09 bits per heavy atom. The number of hydrogen-bond donors (Lipinski definition) is 0. The summed E-state index contributed by atoms with van der Waals surface area (Å²) in [6.07, 6.45) is 0.762. The zero-order valence-electron chi connectivity index (χ0n) is 13.1. The van der Waals surface area contributed by atoms with Crippen LogP contribution in [0.5, 0.6) is 0 Å². The van der Waals surface area contributed by atoms with Crippen molar-refractivity contribution in [2.75, 3.05) is 7.11 Å². The third-order valence-electron chi connectivity index (χ3n) is 3.63. The van der Waals surface area contributed by atoms with Crippen LogP contribution in [-0.2, 0) is 11.2 Å². The molecule has 0 atom stereocenters. The first-order valence-corrected chi connectivity index (χ1v) is 8.22. The number of esters is 1. The molecule has 3 aromatic rings. The number of nitrogens with zero attached hydrogens (tertiary/aromatic N) is 1. The Morgan fingerprint density at radius 2 is 1.78 bits per heavy atom. The van der Waals surface area contributed by atoms with Crippen molar-refractivity contribution in [1.82, 2.24) is 4.98 Å². The van der Waals surface area contributed by atoms with Crippen molar-refractivity contribution in [2.45, 2.75) is 13.3 Å². The minimum atomic E-state index is -0.313. The molecule has 0 saturated carbocycles. The van der Waals surface area contributed by atoms with Gasteiger partial charge in [0.15, 0.2) is 0 Å². The molecule has 3 rings (SSSR count). The predicted octanol–water partition coefficient (Wildman–Crippen LogP) is 4.50. The molecule has 1 heterocycles. The van der Waals surface area contributed by atoms with Gasteiger partial charge in [0.05, 0.1) is 23.4 Å². The lowest BCUT2D eigenvalue weighted by atomic mass is 10.1. The molecule has 0 amide bonds. The topological polar surface area (TPSA) is 39.2 Å². The SMILES string of the molecule is COC(=O)c1ccc(Cc2nc(-c3ccc(C)cc3)cs2)cc1. The summed E-state index contributed by atoms with van der Waals surface area (Å²) in [4.78, 5) is 16.1. The minimum Gasteiger partial charge on any atom is -0.465 e. The molecule has 0 N–H and O–H groups in total. The minimum absolute atomic E-state index is 0.313.